The van der Waals surface area contributed by atoms with Crippen LogP contribution in [0.2, 0.25) is 0 Å². The molecule has 0 N–H and O–H groups in total. The van der Waals surface area contributed by atoms with Gasteiger partial charge in [0.25, 0.3) is 5.69 Å². The van der Waals surface area contributed by atoms with Crippen LogP contribution in [0.15, 0.2) is 23.3 Å². The summed E-state index contributed by atoms with van der Waals surface area (Å²) in [5, 5.41) is 25.2. The molecule has 0 bridgehead atoms. The van der Waals surface area contributed by atoms with Gasteiger partial charge < -0.3 is 0 Å². The van der Waals surface area contributed by atoms with Gasteiger partial charge in [0.05, 0.1) is 20.7 Å². The molecule has 0 heterocycles. The van der Waals surface area contributed by atoms with E-state index in [1.165, 1.54) is 12.1 Å². The molecule has 19 heavy (non-hydrogen) atoms. The fourth-order valence-electron chi connectivity index (χ4n) is 1.37. The second-order valence-corrected chi connectivity index (χ2v) is 3.66. The smallest absolute Gasteiger partial charge is 0.258 e. The Bertz CT molecular complexity index is 570. The molecular weight excluding hydrogens is 252 g/mol. The second-order valence-electron chi connectivity index (χ2n) is 3.66. The molecule has 8 heteroatoms. The van der Waals surface area contributed by atoms with E-state index < -0.39 is 15.5 Å². The minimum absolute atomic E-state index is 0.00926. The van der Waals surface area contributed by atoms with Crippen LogP contribution in [0.1, 0.15) is 26.7 Å². The maximum absolute atomic E-state index is 10.9. The zero-order valence-electron chi connectivity index (χ0n) is 10.6. The largest absolute Gasteiger partial charge is 0.318 e. The molecular formula is C11H13N4O4+. The Kier molecular flexibility index (Phi) is 4.84. The van der Waals surface area contributed by atoms with Crippen LogP contribution < -0.4 is 0 Å². The van der Waals surface area contributed by atoms with Gasteiger partial charge in [0.15, 0.2) is 0 Å². The average Bonchev–Trinajstić information content (AvgIpc) is 2.39. The molecule has 0 atom stereocenters. The Morgan fingerprint density at radius 2 is 1.84 bits per heavy atom. The van der Waals surface area contributed by atoms with E-state index in [0.29, 0.717) is 12.8 Å². The Morgan fingerprint density at radius 3 is 2.32 bits per heavy atom. The highest BCUT2D eigenvalue weighted by Crippen LogP contribution is 2.30. The third-order valence-corrected chi connectivity index (χ3v) is 2.48. The molecule has 1 aromatic carbocycles. The average molecular weight is 265 g/mol. The first-order valence-electron chi connectivity index (χ1n) is 5.68. The zero-order valence-corrected chi connectivity index (χ0v) is 10.6. The Balaban J connectivity index is 3.32. The van der Waals surface area contributed by atoms with Crippen LogP contribution in [0.25, 0.3) is 0 Å². The number of nitrogens with zero attached hydrogens (tertiary/aromatic N) is 4. The van der Waals surface area contributed by atoms with Gasteiger partial charge in [-0.25, -0.2) is 0 Å². The van der Waals surface area contributed by atoms with Crippen LogP contribution >= 0.6 is 0 Å². The van der Waals surface area contributed by atoms with Crippen molar-refractivity contribution >= 4 is 22.8 Å². The zero-order chi connectivity index (χ0) is 14.4. The van der Waals surface area contributed by atoms with Crippen molar-refractivity contribution < 1.29 is 14.6 Å². The fraction of sp³-hybridized carbons (Fsp3) is 0.364. The lowest BCUT2D eigenvalue weighted by Crippen LogP contribution is -1.95. The Labute approximate surface area is 108 Å². The minimum atomic E-state index is -0.709. The predicted molar refractivity (Wildman–Crippen MR) is 67.7 cm³/mol. The van der Waals surface area contributed by atoms with Gasteiger partial charge in [0.1, 0.15) is 5.11 Å². The summed E-state index contributed by atoms with van der Waals surface area (Å²) in [4.78, 5) is 23.9. The summed E-state index contributed by atoms with van der Waals surface area (Å²) in [7, 11) is 0. The van der Waals surface area contributed by atoms with Crippen LogP contribution in [0.4, 0.5) is 17.1 Å². The quantitative estimate of drug-likeness (QED) is 0.267. The third-order valence-electron chi connectivity index (χ3n) is 2.48. The number of hydrogen-bond donors (Lipinski definition) is 0. The van der Waals surface area contributed by atoms with Crippen LogP contribution in [-0.4, -0.2) is 20.3 Å². The Hall–Kier alpha value is -2.60. The lowest BCUT2D eigenvalue weighted by atomic mass is 10.2. The van der Waals surface area contributed by atoms with Crippen LogP contribution in [0.5, 0.6) is 0 Å². The van der Waals surface area contributed by atoms with Gasteiger partial charge in [-0.2, -0.15) is 0 Å². The van der Waals surface area contributed by atoms with Crippen molar-refractivity contribution in [2.45, 2.75) is 26.7 Å². The standard InChI is InChI=1S/C11H13N4O4/c1-3-8(4-2)12-13-10-6-5-9(14(16)17)7-11(10)15(18)19/h5-7H,3-4H2,1-2H3/q+1. The number of benzene rings is 1. The summed E-state index contributed by atoms with van der Waals surface area (Å²) < 4.78 is 0. The maximum atomic E-state index is 10.9. The summed E-state index contributed by atoms with van der Waals surface area (Å²) in [6.45, 7) is 3.81. The molecule has 0 radical (unpaired) electrons. The van der Waals surface area contributed by atoms with Crippen molar-refractivity contribution in [2.24, 2.45) is 5.11 Å². The lowest BCUT2D eigenvalue weighted by molar-refractivity contribution is -0.393. The summed E-state index contributed by atoms with van der Waals surface area (Å²) in [6.07, 6.45) is 1.39. The van der Waals surface area contributed by atoms with Gasteiger partial charge in [-0.05, 0) is 6.07 Å². The van der Waals surface area contributed by atoms with E-state index in [1.807, 2.05) is 13.8 Å². The molecule has 0 aliphatic rings. The summed E-state index contributed by atoms with van der Waals surface area (Å²) in [5.41, 5.74) is 0.0352. The van der Waals surface area contributed by atoms with Crippen molar-refractivity contribution in [1.29, 1.82) is 0 Å². The first-order chi connectivity index (χ1) is 8.99. The normalized spacial score (nSPS) is 9.58. The Morgan fingerprint density at radius 1 is 1.21 bits per heavy atom. The monoisotopic (exact) mass is 265 g/mol. The van der Waals surface area contributed by atoms with E-state index in [-0.39, 0.29) is 11.4 Å². The van der Waals surface area contributed by atoms with E-state index in [2.05, 4.69) is 9.90 Å². The fourth-order valence-corrected chi connectivity index (χ4v) is 1.37. The first-order valence-corrected chi connectivity index (χ1v) is 5.68. The molecule has 100 valence electrons. The van der Waals surface area contributed by atoms with Crippen molar-refractivity contribution in [2.75, 3.05) is 0 Å². The molecule has 0 aromatic heterocycles. The van der Waals surface area contributed by atoms with Gasteiger partial charge in [0.2, 0.25) is 5.69 Å². The topological polar surface area (TPSA) is 113 Å². The van der Waals surface area contributed by atoms with Crippen molar-refractivity contribution in [3.05, 3.63) is 38.4 Å². The van der Waals surface area contributed by atoms with E-state index in [9.17, 15) is 20.2 Å². The maximum Gasteiger partial charge on any atom is 0.318 e. The SMILES string of the molecule is CCC(CC)=[N+]=Nc1ccc([N+](=O)[O-])cc1[N+](=O)[O-]. The molecule has 0 fully saturated rings. The molecule has 0 amide bonds. The van der Waals surface area contributed by atoms with Crippen molar-refractivity contribution in [1.82, 2.24) is 0 Å². The summed E-state index contributed by atoms with van der Waals surface area (Å²) >= 11 is 0. The molecule has 8 nitrogen and oxygen atoms in total. The van der Waals surface area contributed by atoms with Crippen LogP contribution in [0.3, 0.4) is 0 Å². The van der Waals surface area contributed by atoms with Gasteiger partial charge in [-0.1, -0.05) is 13.8 Å². The molecule has 1 rings (SSSR count). The molecule has 0 saturated carbocycles. The molecule has 0 saturated heterocycles. The van der Waals surface area contributed by atoms with Crippen LogP contribution in [0, 0.1) is 20.2 Å². The number of non-ortho nitro benzene ring substituents is 1. The first kappa shape index (κ1) is 14.5. The van der Waals surface area contributed by atoms with Crippen LogP contribution in [-0.2, 0) is 0 Å². The molecule has 0 unspecified atom stereocenters. The molecule has 0 aliphatic heterocycles. The van der Waals surface area contributed by atoms with Gasteiger partial charge in [-0.3, -0.25) is 20.2 Å². The predicted octanol–water partition coefficient (Wildman–Crippen LogP) is 3.06. The van der Waals surface area contributed by atoms with Crippen molar-refractivity contribution in [3.8, 4) is 0 Å². The highest BCUT2D eigenvalue weighted by atomic mass is 16.6. The van der Waals surface area contributed by atoms with E-state index in [0.717, 1.165) is 11.8 Å². The second kappa shape index (κ2) is 6.36. The van der Waals surface area contributed by atoms with E-state index >= 15 is 0 Å². The number of nitro groups is 2. The highest BCUT2D eigenvalue weighted by Gasteiger charge is 2.21. The number of nitro benzene ring substituents is 2. The minimum Gasteiger partial charge on any atom is -0.258 e. The molecule has 1 aromatic rings. The third kappa shape index (κ3) is 3.68. The van der Waals surface area contributed by atoms with E-state index in [4.69, 9.17) is 0 Å². The highest BCUT2D eigenvalue weighted by molar-refractivity contribution is 5.78. The number of hydrogen-bond acceptors (Lipinski definition) is 5. The van der Waals surface area contributed by atoms with Gasteiger partial charge in [0, 0.05) is 18.9 Å². The number of rotatable bonds is 5. The molecule has 0 aliphatic carbocycles. The molecule has 0 spiro atoms. The lowest BCUT2D eigenvalue weighted by Gasteiger charge is -1.93. The van der Waals surface area contributed by atoms with Crippen molar-refractivity contribution in [3.63, 3.8) is 0 Å². The van der Waals surface area contributed by atoms with Gasteiger partial charge >= 0.3 is 11.4 Å². The van der Waals surface area contributed by atoms with E-state index in [1.54, 1.807) is 0 Å². The summed E-state index contributed by atoms with van der Waals surface area (Å²) in [5.74, 6) is 0. The summed E-state index contributed by atoms with van der Waals surface area (Å²) in [6, 6.07) is 3.27. The van der Waals surface area contributed by atoms with Gasteiger partial charge in [-0.15, -0.1) is 0 Å².